The number of pyridine rings is 1. The molecule has 0 bridgehead atoms. The molecule has 0 spiro atoms. The Morgan fingerprint density at radius 3 is 2.45 bits per heavy atom. The number of hydrogen-bond donors (Lipinski definition) is 4. The number of imide groups is 1. The number of piperidine rings is 1. The van der Waals surface area contributed by atoms with Crippen molar-refractivity contribution in [1.82, 2.24) is 25.8 Å². The Morgan fingerprint density at radius 1 is 0.844 bits per heavy atom. The van der Waals surface area contributed by atoms with Gasteiger partial charge in [-0.05, 0) is 89.5 Å². The number of nitrogens with zero attached hydrogens (tertiary/aromatic N) is 2. The molecule has 1 aromatic heterocycles. The highest BCUT2D eigenvalue weighted by Gasteiger charge is 2.40. The lowest BCUT2D eigenvalue weighted by Gasteiger charge is -2.29. The van der Waals surface area contributed by atoms with Gasteiger partial charge in [0, 0.05) is 72.8 Å². The van der Waals surface area contributed by atoms with Crippen LogP contribution in [-0.4, -0.2) is 79.2 Å². The number of halogens is 1. The fraction of sp³-hybridized carbons (Fsp3) is 0.271. The van der Waals surface area contributed by atoms with Crippen LogP contribution in [0.4, 0.5) is 10.2 Å². The van der Waals surface area contributed by atoms with E-state index in [9.17, 15) is 37.2 Å². The van der Waals surface area contributed by atoms with Gasteiger partial charge in [0.05, 0.1) is 17.2 Å². The standard InChI is InChI=1S/C48H45FN6O8S/c49-42-23-36(10-12-37(42)33-22-40(45(50)53-24-33)31-9-11-38-32(20-31)15-17-52-46(38)59)64(62,63)27-29-5-1-4-28(18-29)19-35(57)25-51-16-3-7-34(56)21-30-6-2-8-39-41(30)26-55(48(39)61)43-13-14-44(58)54-47(43)60/h1-2,4-6,8-12,18,20,22-24,43,51H,3,7,13-17,19,21,25-27H2,(H2,50,53)(H,52,59)(H,54,58,60). The average Bonchev–Trinajstić information content (AvgIpc) is 3.60. The van der Waals surface area contributed by atoms with E-state index in [1.165, 1.54) is 23.2 Å². The molecule has 0 radical (unpaired) electrons. The summed E-state index contributed by atoms with van der Waals surface area (Å²) < 4.78 is 42.7. The number of nitrogen functional groups attached to an aromatic ring is 1. The first kappa shape index (κ1) is 43.7. The number of amides is 4. The Kier molecular flexibility index (Phi) is 12.6. The van der Waals surface area contributed by atoms with Crippen molar-refractivity contribution in [3.05, 3.63) is 136 Å². The first-order valence-electron chi connectivity index (χ1n) is 21.0. The number of nitrogens with two attached hydrogens (primary N) is 1. The molecule has 1 fully saturated rings. The molecule has 64 heavy (non-hydrogen) atoms. The predicted molar refractivity (Wildman–Crippen MR) is 235 cm³/mol. The Balaban J connectivity index is 0.811. The SMILES string of the molecule is Nc1ncc(-c2ccc(S(=O)(=O)Cc3cccc(CC(=O)CNCCCC(=O)Cc4cccc5c4CN(C4CCC(=O)NC4=O)C5=O)c3)cc2F)cc1-c1ccc2c(c1)CCNC2=O. The molecule has 14 nitrogen and oxygen atoms in total. The number of Topliss-reactive ketones (excluding diaryl/α,β-unsaturated/α-hetero) is 2. The summed E-state index contributed by atoms with van der Waals surface area (Å²) in [5.74, 6) is -2.41. The quantitative estimate of drug-likeness (QED) is 0.0803. The number of carbonyl (C=O) groups excluding carboxylic acids is 6. The molecule has 8 rings (SSSR count). The largest absolute Gasteiger partial charge is 0.383 e. The normalized spacial score (nSPS) is 16.0. The minimum atomic E-state index is -3.99. The van der Waals surface area contributed by atoms with Crippen molar-refractivity contribution in [3.63, 3.8) is 0 Å². The minimum absolute atomic E-state index is 0.0348. The van der Waals surface area contributed by atoms with E-state index in [1.807, 2.05) is 6.07 Å². The molecule has 0 aliphatic carbocycles. The topological polar surface area (TPSA) is 215 Å². The predicted octanol–water partition coefficient (Wildman–Crippen LogP) is 4.45. The van der Waals surface area contributed by atoms with Crippen molar-refractivity contribution in [3.8, 4) is 22.3 Å². The van der Waals surface area contributed by atoms with E-state index in [-0.39, 0.29) is 90.8 Å². The summed E-state index contributed by atoms with van der Waals surface area (Å²) in [4.78, 5) is 80.7. The molecule has 5 aromatic rings. The van der Waals surface area contributed by atoms with Crippen LogP contribution in [0.15, 0.2) is 96.0 Å². The summed E-state index contributed by atoms with van der Waals surface area (Å²) in [6, 6.07) is 21.9. The molecule has 1 saturated heterocycles. The number of sulfone groups is 1. The summed E-state index contributed by atoms with van der Waals surface area (Å²) in [5, 5.41) is 8.18. The highest BCUT2D eigenvalue weighted by Crippen LogP contribution is 2.34. The van der Waals surface area contributed by atoms with Gasteiger partial charge >= 0.3 is 0 Å². The van der Waals surface area contributed by atoms with Gasteiger partial charge in [-0.3, -0.25) is 34.1 Å². The van der Waals surface area contributed by atoms with E-state index in [2.05, 4.69) is 20.9 Å². The van der Waals surface area contributed by atoms with Crippen molar-refractivity contribution >= 4 is 50.9 Å². The summed E-state index contributed by atoms with van der Waals surface area (Å²) in [6.07, 6.45) is 3.38. The molecule has 1 unspecified atom stereocenters. The summed E-state index contributed by atoms with van der Waals surface area (Å²) in [7, 11) is -3.99. The van der Waals surface area contributed by atoms with Crippen molar-refractivity contribution in [2.24, 2.45) is 0 Å². The lowest BCUT2D eigenvalue weighted by molar-refractivity contribution is -0.137. The molecule has 1 atom stereocenters. The fourth-order valence-electron chi connectivity index (χ4n) is 8.55. The third-order valence-corrected chi connectivity index (χ3v) is 13.5. The highest BCUT2D eigenvalue weighted by molar-refractivity contribution is 7.90. The van der Waals surface area contributed by atoms with Crippen molar-refractivity contribution in [2.75, 3.05) is 25.4 Å². The smallest absolute Gasteiger partial charge is 0.255 e. The number of ketones is 2. The number of benzene rings is 4. The number of rotatable bonds is 16. The van der Waals surface area contributed by atoms with Gasteiger partial charge in [-0.1, -0.05) is 54.6 Å². The van der Waals surface area contributed by atoms with E-state index in [0.717, 1.165) is 22.8 Å². The zero-order chi connectivity index (χ0) is 45.1. The maximum absolute atomic E-state index is 15.7. The molecule has 4 amide bonds. The van der Waals surface area contributed by atoms with Crippen molar-refractivity contribution < 1.29 is 41.6 Å². The maximum Gasteiger partial charge on any atom is 0.255 e. The van der Waals surface area contributed by atoms with E-state index < -0.39 is 33.4 Å². The second-order valence-corrected chi connectivity index (χ2v) is 18.3. The van der Waals surface area contributed by atoms with E-state index in [0.29, 0.717) is 64.9 Å². The molecule has 3 aliphatic rings. The van der Waals surface area contributed by atoms with Gasteiger partial charge in [-0.15, -0.1) is 0 Å². The molecule has 328 valence electrons. The molecule has 4 heterocycles. The molecule has 5 N–H and O–H groups in total. The van der Waals surface area contributed by atoms with Gasteiger partial charge in [-0.2, -0.15) is 0 Å². The second kappa shape index (κ2) is 18.4. The summed E-state index contributed by atoms with van der Waals surface area (Å²) in [5.41, 5.74) is 12.4. The number of hydrogen-bond acceptors (Lipinski definition) is 11. The highest BCUT2D eigenvalue weighted by atomic mass is 32.2. The summed E-state index contributed by atoms with van der Waals surface area (Å²) >= 11 is 0. The Morgan fingerprint density at radius 2 is 1.64 bits per heavy atom. The molecule has 0 saturated carbocycles. The number of carbonyl (C=O) groups is 6. The third-order valence-electron chi connectivity index (χ3n) is 11.8. The Labute approximate surface area is 368 Å². The monoisotopic (exact) mass is 884 g/mol. The lowest BCUT2D eigenvalue weighted by atomic mass is 9.94. The second-order valence-electron chi connectivity index (χ2n) is 16.3. The van der Waals surface area contributed by atoms with Crippen LogP contribution in [0.1, 0.15) is 74.2 Å². The van der Waals surface area contributed by atoms with Crippen LogP contribution in [0, 0.1) is 5.82 Å². The van der Waals surface area contributed by atoms with Crippen LogP contribution in [-0.2, 0) is 60.6 Å². The van der Waals surface area contributed by atoms with Crippen LogP contribution < -0.4 is 21.7 Å². The Bertz CT molecular complexity index is 2860. The van der Waals surface area contributed by atoms with Gasteiger partial charge in [0.1, 0.15) is 23.5 Å². The molecule has 3 aliphatic heterocycles. The first-order valence-corrected chi connectivity index (χ1v) is 22.7. The molecular weight excluding hydrogens is 840 g/mol. The van der Waals surface area contributed by atoms with Crippen LogP contribution in [0.3, 0.4) is 0 Å². The number of nitrogens with one attached hydrogen (secondary N) is 3. The number of anilines is 1. The molecule has 4 aromatic carbocycles. The minimum Gasteiger partial charge on any atom is -0.383 e. The molecule has 16 heteroatoms. The zero-order valence-electron chi connectivity index (χ0n) is 34.7. The van der Waals surface area contributed by atoms with E-state index in [1.54, 1.807) is 60.7 Å². The fourth-order valence-corrected chi connectivity index (χ4v) is 9.89. The van der Waals surface area contributed by atoms with Gasteiger partial charge in [0.2, 0.25) is 11.8 Å². The van der Waals surface area contributed by atoms with Gasteiger partial charge < -0.3 is 21.3 Å². The van der Waals surface area contributed by atoms with Crippen LogP contribution in [0.25, 0.3) is 22.3 Å². The third kappa shape index (κ3) is 9.52. The van der Waals surface area contributed by atoms with Crippen LogP contribution in [0.5, 0.6) is 0 Å². The summed E-state index contributed by atoms with van der Waals surface area (Å²) in [6.45, 7) is 1.16. The van der Waals surface area contributed by atoms with Crippen LogP contribution >= 0.6 is 0 Å². The van der Waals surface area contributed by atoms with Gasteiger partial charge in [-0.25, -0.2) is 17.8 Å². The average molecular weight is 885 g/mol. The number of aromatic nitrogens is 1. The van der Waals surface area contributed by atoms with Crippen molar-refractivity contribution in [2.45, 2.75) is 68.2 Å². The van der Waals surface area contributed by atoms with Crippen molar-refractivity contribution in [1.29, 1.82) is 0 Å². The lowest BCUT2D eigenvalue weighted by Crippen LogP contribution is -2.52. The van der Waals surface area contributed by atoms with Gasteiger partial charge in [0.25, 0.3) is 11.8 Å². The van der Waals surface area contributed by atoms with E-state index >= 15 is 4.39 Å². The maximum atomic E-state index is 15.7. The molecular formula is C48H45FN6O8S. The zero-order valence-corrected chi connectivity index (χ0v) is 35.6. The Hall–Kier alpha value is -6.91. The number of fused-ring (bicyclic) bond motifs is 2. The van der Waals surface area contributed by atoms with E-state index in [4.69, 9.17) is 5.73 Å². The van der Waals surface area contributed by atoms with Gasteiger partial charge in [0.15, 0.2) is 15.6 Å². The van der Waals surface area contributed by atoms with Crippen LogP contribution in [0.2, 0.25) is 0 Å². The first-order chi connectivity index (χ1) is 30.7.